The third kappa shape index (κ3) is 5.37. The number of benzene rings is 2. The van der Waals surface area contributed by atoms with Crippen molar-refractivity contribution in [2.75, 3.05) is 18.1 Å². The Hall–Kier alpha value is -4.58. The zero-order valence-electron chi connectivity index (χ0n) is 23.4. The average Bonchev–Trinajstić information content (AvgIpc) is 3.34. The first-order valence-electron chi connectivity index (χ1n) is 13.4. The lowest BCUT2D eigenvalue weighted by Crippen LogP contribution is -2.66. The van der Waals surface area contributed by atoms with Crippen LogP contribution in [0.25, 0.3) is 0 Å². The van der Waals surface area contributed by atoms with E-state index in [2.05, 4.69) is 0 Å². The maximum absolute atomic E-state index is 13.4. The van der Waals surface area contributed by atoms with Gasteiger partial charge in [-0.05, 0) is 24.1 Å². The summed E-state index contributed by atoms with van der Waals surface area (Å²) in [4.78, 5) is 76.6. The van der Waals surface area contributed by atoms with E-state index in [1.165, 1.54) is 13.8 Å². The van der Waals surface area contributed by atoms with E-state index in [1.807, 2.05) is 0 Å². The summed E-state index contributed by atoms with van der Waals surface area (Å²) in [6.07, 6.45) is -5.68. The highest BCUT2D eigenvalue weighted by Gasteiger charge is 2.54. The number of ketones is 2. The van der Waals surface area contributed by atoms with Crippen LogP contribution in [0.2, 0.25) is 0 Å². The van der Waals surface area contributed by atoms with Crippen LogP contribution in [0.5, 0.6) is 0 Å². The molecule has 220 valence electrons. The van der Waals surface area contributed by atoms with Crippen LogP contribution in [0.15, 0.2) is 36.4 Å². The Labute approximate surface area is 240 Å². The molecule has 2 aliphatic heterocycles. The van der Waals surface area contributed by atoms with Gasteiger partial charge in [0.2, 0.25) is 0 Å². The highest BCUT2D eigenvalue weighted by atomic mass is 16.7. The Morgan fingerprint density at radius 3 is 1.88 bits per heavy atom. The summed E-state index contributed by atoms with van der Waals surface area (Å²) < 4.78 is 28.1. The van der Waals surface area contributed by atoms with Gasteiger partial charge in [-0.1, -0.05) is 24.3 Å². The number of ether oxygens (including phenoxy) is 5. The number of nitrogens with zero attached hydrogens (tertiary/aromatic N) is 1. The highest BCUT2D eigenvalue weighted by molar-refractivity contribution is 6.28. The number of anilines is 1. The fourth-order valence-electron chi connectivity index (χ4n) is 5.73. The Morgan fingerprint density at radius 2 is 1.31 bits per heavy atom. The average molecular weight is 580 g/mol. The minimum atomic E-state index is -1.33. The maximum Gasteiger partial charge on any atom is 0.303 e. The van der Waals surface area contributed by atoms with Gasteiger partial charge in [-0.25, -0.2) is 0 Å². The van der Waals surface area contributed by atoms with Crippen molar-refractivity contribution in [3.63, 3.8) is 0 Å². The molecule has 2 aromatic rings. The molecule has 0 N–H and O–H groups in total. The van der Waals surface area contributed by atoms with Crippen molar-refractivity contribution < 1.29 is 52.5 Å². The first kappa shape index (κ1) is 28.9. The van der Waals surface area contributed by atoms with Gasteiger partial charge in [-0.2, -0.15) is 0 Å². The first-order chi connectivity index (χ1) is 20.0. The number of esters is 4. The number of carbonyl (C=O) groups is 6. The molecule has 42 heavy (non-hydrogen) atoms. The molecule has 0 spiro atoms. The molecule has 2 heterocycles. The lowest BCUT2D eigenvalue weighted by Gasteiger charge is -2.47. The van der Waals surface area contributed by atoms with Crippen molar-refractivity contribution in [1.82, 2.24) is 0 Å². The lowest BCUT2D eigenvalue weighted by atomic mass is 9.83. The van der Waals surface area contributed by atoms with Gasteiger partial charge < -0.3 is 28.6 Å². The lowest BCUT2D eigenvalue weighted by molar-refractivity contribution is -0.252. The Bertz CT molecular complexity index is 1500. The van der Waals surface area contributed by atoms with Crippen molar-refractivity contribution in [2.45, 2.75) is 64.8 Å². The molecule has 5 atom stereocenters. The smallest absolute Gasteiger partial charge is 0.303 e. The molecule has 2 aromatic carbocycles. The monoisotopic (exact) mass is 579 g/mol. The number of hydrogen-bond acceptors (Lipinski definition) is 12. The minimum Gasteiger partial charge on any atom is -0.463 e. The van der Waals surface area contributed by atoms with Crippen LogP contribution in [0.3, 0.4) is 0 Å². The molecule has 1 fully saturated rings. The van der Waals surface area contributed by atoms with Gasteiger partial charge in [0.1, 0.15) is 12.7 Å². The van der Waals surface area contributed by atoms with Crippen molar-refractivity contribution >= 4 is 41.1 Å². The van der Waals surface area contributed by atoms with Gasteiger partial charge in [-0.3, -0.25) is 28.8 Å². The summed E-state index contributed by atoms with van der Waals surface area (Å²) >= 11 is 0. The molecule has 12 nitrogen and oxygen atoms in total. The van der Waals surface area contributed by atoms with Gasteiger partial charge in [0.15, 0.2) is 36.1 Å². The summed E-state index contributed by atoms with van der Waals surface area (Å²) in [6.45, 7) is 4.63. The third-order valence-corrected chi connectivity index (χ3v) is 7.33. The number of carbonyl (C=O) groups excluding carboxylic acids is 6. The number of fused-ring (bicyclic) bond motifs is 3. The van der Waals surface area contributed by atoms with E-state index >= 15 is 0 Å². The van der Waals surface area contributed by atoms with Crippen LogP contribution in [0.1, 0.15) is 65.1 Å². The second-order valence-corrected chi connectivity index (χ2v) is 10.3. The van der Waals surface area contributed by atoms with E-state index in [9.17, 15) is 28.8 Å². The summed E-state index contributed by atoms with van der Waals surface area (Å²) in [5.41, 5.74) is 2.45. The molecule has 0 unspecified atom stereocenters. The van der Waals surface area contributed by atoms with Crippen molar-refractivity contribution in [3.8, 4) is 0 Å². The zero-order chi connectivity index (χ0) is 30.3. The van der Waals surface area contributed by atoms with Crippen LogP contribution < -0.4 is 4.90 Å². The molecule has 0 saturated carbocycles. The molecule has 0 amide bonds. The summed E-state index contributed by atoms with van der Waals surface area (Å²) in [5, 5.41) is 0. The van der Waals surface area contributed by atoms with Crippen LogP contribution in [-0.2, 0) is 49.3 Å². The van der Waals surface area contributed by atoms with Crippen molar-refractivity contribution in [2.24, 2.45) is 0 Å². The fraction of sp³-hybridized carbons (Fsp3) is 0.400. The zero-order valence-corrected chi connectivity index (χ0v) is 23.4. The largest absolute Gasteiger partial charge is 0.463 e. The van der Waals surface area contributed by atoms with E-state index < -0.39 is 54.5 Å². The van der Waals surface area contributed by atoms with Gasteiger partial charge in [0.05, 0.1) is 0 Å². The molecule has 3 aliphatic rings. The SMILES string of the molecule is CC(=O)OC[C@H]1O[C@@H](N2CCc3cc4c(cc32)C(=O)c2ccccc2C4=O)[C@H](OC(C)=O)[C@@H](OC(C)=O)[C@@H]1OC(C)=O. The van der Waals surface area contributed by atoms with E-state index in [0.717, 1.165) is 19.4 Å². The molecule has 5 rings (SSSR count). The predicted molar refractivity (Wildman–Crippen MR) is 143 cm³/mol. The maximum atomic E-state index is 13.4. The summed E-state index contributed by atoms with van der Waals surface area (Å²) in [5.74, 6) is -3.36. The van der Waals surface area contributed by atoms with Gasteiger partial charge in [-0.15, -0.1) is 0 Å². The molecule has 1 saturated heterocycles. The third-order valence-electron chi connectivity index (χ3n) is 7.33. The first-order valence-corrected chi connectivity index (χ1v) is 13.4. The van der Waals surface area contributed by atoms with E-state index in [4.69, 9.17) is 23.7 Å². The highest BCUT2D eigenvalue weighted by Crippen LogP contribution is 2.40. The standard InChI is InChI=1S/C30H29NO11/c1-14(32)38-13-24-27(39-15(2)33)28(40-16(3)34)29(41-17(4)35)30(42-24)31-10-9-18-11-21-22(12-23(18)31)26(37)20-8-6-5-7-19(20)25(21)36/h5-8,11-12,24,27-30H,9-10,13H2,1-4H3/t24-,27-,28+,29-,30-/m1/s1. The van der Waals surface area contributed by atoms with E-state index in [1.54, 1.807) is 41.3 Å². The van der Waals surface area contributed by atoms with E-state index in [-0.39, 0.29) is 23.7 Å². The molecule has 0 radical (unpaired) electrons. The number of hydrogen-bond donors (Lipinski definition) is 0. The van der Waals surface area contributed by atoms with Crippen molar-refractivity contribution in [1.29, 1.82) is 0 Å². The molecule has 1 aliphatic carbocycles. The van der Waals surface area contributed by atoms with Crippen LogP contribution in [-0.4, -0.2) is 79.2 Å². The van der Waals surface area contributed by atoms with Crippen molar-refractivity contribution in [3.05, 3.63) is 64.2 Å². The van der Waals surface area contributed by atoms with Crippen LogP contribution >= 0.6 is 0 Å². The minimum absolute atomic E-state index is 0.218. The Kier molecular flexibility index (Phi) is 7.83. The number of rotatable bonds is 6. The summed E-state index contributed by atoms with van der Waals surface area (Å²) in [7, 11) is 0. The van der Waals surface area contributed by atoms with Crippen LogP contribution in [0, 0.1) is 0 Å². The summed E-state index contributed by atoms with van der Waals surface area (Å²) in [6, 6.07) is 9.91. The van der Waals surface area contributed by atoms with Gasteiger partial charge >= 0.3 is 23.9 Å². The normalized spacial score (nSPS) is 24.2. The van der Waals surface area contributed by atoms with Gasteiger partial charge in [0.25, 0.3) is 0 Å². The Balaban J connectivity index is 1.58. The van der Waals surface area contributed by atoms with Gasteiger partial charge in [0, 0.05) is 62.2 Å². The predicted octanol–water partition coefficient (Wildman–Crippen LogP) is 1.91. The van der Waals surface area contributed by atoms with Crippen LogP contribution in [0.4, 0.5) is 5.69 Å². The molecule has 0 aromatic heterocycles. The molecule has 12 heteroatoms. The quantitative estimate of drug-likeness (QED) is 0.310. The molecular formula is C30H29NO11. The second kappa shape index (κ2) is 11.4. The topological polar surface area (TPSA) is 152 Å². The molecular weight excluding hydrogens is 550 g/mol. The molecule has 0 bridgehead atoms. The Morgan fingerprint density at radius 1 is 0.762 bits per heavy atom. The fourth-order valence-corrected chi connectivity index (χ4v) is 5.73. The van der Waals surface area contributed by atoms with E-state index in [0.29, 0.717) is 35.3 Å². The second-order valence-electron chi connectivity index (χ2n) is 10.3.